The number of aryl methyl sites for hydroxylation is 1. The van der Waals surface area contributed by atoms with Crippen LogP contribution in [0.1, 0.15) is 18.4 Å². The Balaban J connectivity index is 1.59. The first kappa shape index (κ1) is 20.8. The number of ether oxygens (including phenoxy) is 2. The van der Waals surface area contributed by atoms with Crippen LogP contribution < -0.4 is 14.8 Å². The molecular formula is C20H25NO5S. The van der Waals surface area contributed by atoms with E-state index in [1.54, 1.807) is 12.1 Å². The maximum atomic E-state index is 11.8. The molecule has 146 valence electrons. The van der Waals surface area contributed by atoms with E-state index in [1.165, 1.54) is 12.1 Å². The lowest BCUT2D eigenvalue weighted by atomic mass is 10.2. The topological polar surface area (TPSA) is 81.7 Å². The van der Waals surface area contributed by atoms with Crippen molar-refractivity contribution in [2.75, 3.05) is 26.0 Å². The number of benzene rings is 2. The van der Waals surface area contributed by atoms with E-state index >= 15 is 0 Å². The quantitative estimate of drug-likeness (QED) is 0.630. The van der Waals surface area contributed by atoms with Crippen molar-refractivity contribution in [1.29, 1.82) is 0 Å². The van der Waals surface area contributed by atoms with E-state index in [0.29, 0.717) is 38.3 Å². The van der Waals surface area contributed by atoms with Crippen LogP contribution in [0.2, 0.25) is 0 Å². The Bertz CT molecular complexity index is 847. The van der Waals surface area contributed by atoms with Gasteiger partial charge in [-0.25, -0.2) is 8.42 Å². The zero-order valence-corrected chi connectivity index (χ0v) is 16.4. The fourth-order valence-corrected chi connectivity index (χ4v) is 2.99. The number of carbonyl (C=O) groups excluding carboxylic acids is 1. The predicted molar refractivity (Wildman–Crippen MR) is 104 cm³/mol. The summed E-state index contributed by atoms with van der Waals surface area (Å²) in [6.07, 6.45) is 2.08. The highest BCUT2D eigenvalue weighted by Gasteiger charge is 2.07. The molecule has 0 unspecified atom stereocenters. The van der Waals surface area contributed by atoms with Gasteiger partial charge in [0.2, 0.25) is 5.91 Å². The molecule has 0 spiro atoms. The van der Waals surface area contributed by atoms with Crippen molar-refractivity contribution < 1.29 is 22.7 Å². The average molecular weight is 391 g/mol. The standard InChI is InChI=1S/C20H25NO5S/c1-16-6-3-4-7-19(16)26-15-13-21-20(22)8-5-14-25-17-9-11-18(12-10-17)27(2,23)24/h3-4,6-7,9-12H,5,8,13-15H2,1-2H3,(H,21,22). The van der Waals surface area contributed by atoms with Gasteiger partial charge in [-0.05, 0) is 49.2 Å². The number of nitrogens with one attached hydrogen (secondary N) is 1. The van der Waals surface area contributed by atoms with Crippen LogP contribution in [0.15, 0.2) is 53.4 Å². The molecular weight excluding hydrogens is 366 g/mol. The minimum absolute atomic E-state index is 0.0561. The lowest BCUT2D eigenvalue weighted by Crippen LogP contribution is -2.28. The van der Waals surface area contributed by atoms with E-state index in [-0.39, 0.29) is 10.8 Å². The normalized spacial score (nSPS) is 11.0. The number of amides is 1. The summed E-state index contributed by atoms with van der Waals surface area (Å²) in [7, 11) is -3.21. The van der Waals surface area contributed by atoms with Gasteiger partial charge in [0.15, 0.2) is 9.84 Å². The fourth-order valence-electron chi connectivity index (χ4n) is 2.36. The summed E-state index contributed by atoms with van der Waals surface area (Å²) in [5.41, 5.74) is 1.06. The third kappa shape index (κ3) is 7.30. The maximum absolute atomic E-state index is 11.8. The van der Waals surface area contributed by atoms with E-state index in [1.807, 2.05) is 31.2 Å². The van der Waals surface area contributed by atoms with Gasteiger partial charge >= 0.3 is 0 Å². The molecule has 0 aliphatic heterocycles. The molecule has 2 rings (SSSR count). The van der Waals surface area contributed by atoms with E-state index in [4.69, 9.17) is 9.47 Å². The molecule has 27 heavy (non-hydrogen) atoms. The number of sulfone groups is 1. The summed E-state index contributed by atoms with van der Waals surface area (Å²) in [6.45, 7) is 3.22. The van der Waals surface area contributed by atoms with Crippen molar-refractivity contribution >= 4 is 15.7 Å². The molecule has 0 radical (unpaired) electrons. The highest BCUT2D eigenvalue weighted by Crippen LogP contribution is 2.16. The van der Waals surface area contributed by atoms with Crippen LogP contribution in [0.5, 0.6) is 11.5 Å². The third-order valence-electron chi connectivity index (χ3n) is 3.84. The average Bonchev–Trinajstić information content (AvgIpc) is 2.63. The minimum atomic E-state index is -3.21. The Labute approximate surface area is 160 Å². The van der Waals surface area contributed by atoms with E-state index < -0.39 is 9.84 Å². The first-order chi connectivity index (χ1) is 12.9. The van der Waals surface area contributed by atoms with Gasteiger partial charge < -0.3 is 14.8 Å². The van der Waals surface area contributed by atoms with Crippen LogP contribution in [0.25, 0.3) is 0 Å². The zero-order valence-electron chi connectivity index (χ0n) is 15.6. The molecule has 2 aromatic carbocycles. The van der Waals surface area contributed by atoms with Gasteiger partial charge in [-0.15, -0.1) is 0 Å². The first-order valence-electron chi connectivity index (χ1n) is 8.74. The third-order valence-corrected chi connectivity index (χ3v) is 4.97. The molecule has 1 amide bonds. The monoisotopic (exact) mass is 391 g/mol. The molecule has 0 fully saturated rings. The number of carbonyl (C=O) groups is 1. The number of rotatable bonds is 10. The zero-order chi connectivity index (χ0) is 19.7. The minimum Gasteiger partial charge on any atom is -0.494 e. The SMILES string of the molecule is Cc1ccccc1OCCNC(=O)CCCOc1ccc(S(C)(=O)=O)cc1. The Morgan fingerprint density at radius 1 is 1.00 bits per heavy atom. The molecule has 0 aliphatic rings. The van der Waals surface area contributed by atoms with Crippen molar-refractivity contribution in [1.82, 2.24) is 5.32 Å². The Morgan fingerprint density at radius 2 is 1.70 bits per heavy atom. The lowest BCUT2D eigenvalue weighted by molar-refractivity contribution is -0.121. The van der Waals surface area contributed by atoms with Gasteiger partial charge in [-0.2, -0.15) is 0 Å². The maximum Gasteiger partial charge on any atom is 0.220 e. The predicted octanol–water partition coefficient (Wildman–Crippen LogP) is 2.75. The van der Waals surface area contributed by atoms with Crippen molar-refractivity contribution in [2.24, 2.45) is 0 Å². The first-order valence-corrected chi connectivity index (χ1v) is 10.6. The summed E-state index contributed by atoms with van der Waals surface area (Å²) in [5.74, 6) is 1.34. The Hall–Kier alpha value is -2.54. The number of para-hydroxylation sites is 1. The van der Waals surface area contributed by atoms with Crippen molar-refractivity contribution in [3.05, 3.63) is 54.1 Å². The van der Waals surface area contributed by atoms with Crippen LogP contribution in [0.3, 0.4) is 0 Å². The van der Waals surface area contributed by atoms with Crippen molar-refractivity contribution in [2.45, 2.75) is 24.7 Å². The molecule has 0 heterocycles. The molecule has 2 aromatic rings. The second kappa shape index (κ2) is 9.97. The second-order valence-corrected chi connectivity index (χ2v) is 8.18. The van der Waals surface area contributed by atoms with Crippen LogP contribution in [0.4, 0.5) is 0 Å². The largest absolute Gasteiger partial charge is 0.494 e. The Kier molecular flexibility index (Phi) is 7.67. The molecule has 7 heteroatoms. The molecule has 0 saturated carbocycles. The summed E-state index contributed by atoms with van der Waals surface area (Å²) in [5, 5.41) is 2.81. The van der Waals surface area contributed by atoms with Gasteiger partial charge in [0.1, 0.15) is 18.1 Å². The lowest BCUT2D eigenvalue weighted by Gasteiger charge is -2.10. The van der Waals surface area contributed by atoms with Crippen molar-refractivity contribution in [3.8, 4) is 11.5 Å². The smallest absolute Gasteiger partial charge is 0.220 e. The van der Waals surface area contributed by atoms with Gasteiger partial charge in [-0.1, -0.05) is 18.2 Å². The van der Waals surface area contributed by atoms with Crippen LogP contribution in [-0.4, -0.2) is 40.3 Å². The van der Waals surface area contributed by atoms with E-state index in [2.05, 4.69) is 5.32 Å². The van der Waals surface area contributed by atoms with E-state index in [0.717, 1.165) is 17.6 Å². The summed E-state index contributed by atoms with van der Waals surface area (Å²) >= 11 is 0. The highest BCUT2D eigenvalue weighted by atomic mass is 32.2. The van der Waals surface area contributed by atoms with Crippen molar-refractivity contribution in [3.63, 3.8) is 0 Å². The molecule has 0 saturated heterocycles. The van der Waals surface area contributed by atoms with Crippen LogP contribution >= 0.6 is 0 Å². The number of hydrogen-bond donors (Lipinski definition) is 1. The molecule has 0 aliphatic carbocycles. The van der Waals surface area contributed by atoms with Gasteiger partial charge in [0.25, 0.3) is 0 Å². The number of hydrogen-bond acceptors (Lipinski definition) is 5. The summed E-state index contributed by atoms with van der Waals surface area (Å²) in [4.78, 5) is 12.1. The molecule has 0 bridgehead atoms. The molecule has 1 N–H and O–H groups in total. The molecule has 6 nitrogen and oxygen atoms in total. The van der Waals surface area contributed by atoms with Crippen LogP contribution in [-0.2, 0) is 14.6 Å². The second-order valence-electron chi connectivity index (χ2n) is 6.16. The van der Waals surface area contributed by atoms with Gasteiger partial charge in [-0.3, -0.25) is 4.79 Å². The Morgan fingerprint density at radius 3 is 2.37 bits per heavy atom. The fraction of sp³-hybridized carbons (Fsp3) is 0.350. The summed E-state index contributed by atoms with van der Waals surface area (Å²) < 4.78 is 33.9. The molecule has 0 aromatic heterocycles. The van der Waals surface area contributed by atoms with Crippen LogP contribution in [0, 0.1) is 6.92 Å². The summed E-state index contributed by atoms with van der Waals surface area (Å²) in [6, 6.07) is 14.0. The van der Waals surface area contributed by atoms with E-state index in [9.17, 15) is 13.2 Å². The van der Waals surface area contributed by atoms with Gasteiger partial charge in [0, 0.05) is 12.7 Å². The molecule has 0 atom stereocenters. The highest BCUT2D eigenvalue weighted by molar-refractivity contribution is 7.90. The van der Waals surface area contributed by atoms with Gasteiger partial charge in [0.05, 0.1) is 18.0 Å².